The zero-order valence-electron chi connectivity index (χ0n) is 12.2. The Morgan fingerprint density at radius 3 is 2.76 bits per heavy atom. The second kappa shape index (κ2) is 8.59. The first-order valence-corrected chi connectivity index (χ1v) is 6.80. The Morgan fingerprint density at radius 2 is 2.14 bits per heavy atom. The molecular formula is C15H19N3O3. The zero-order chi connectivity index (χ0) is 15.7. The molecule has 2 N–H and O–H groups in total. The fourth-order valence-corrected chi connectivity index (χ4v) is 1.68. The Morgan fingerprint density at radius 1 is 1.38 bits per heavy atom. The van der Waals surface area contributed by atoms with Crippen molar-refractivity contribution in [3.63, 3.8) is 0 Å². The minimum Gasteiger partial charge on any atom is -0.383 e. The second-order valence-electron chi connectivity index (χ2n) is 4.38. The van der Waals surface area contributed by atoms with Gasteiger partial charge in [0.05, 0.1) is 11.5 Å². The second-order valence-corrected chi connectivity index (χ2v) is 4.38. The van der Waals surface area contributed by atoms with Crippen LogP contribution >= 0.6 is 0 Å². The van der Waals surface area contributed by atoms with E-state index in [0.717, 1.165) is 19.3 Å². The topological polar surface area (TPSA) is 84.3 Å². The summed E-state index contributed by atoms with van der Waals surface area (Å²) >= 11 is 0. The van der Waals surface area contributed by atoms with E-state index in [1.807, 2.05) is 0 Å². The van der Waals surface area contributed by atoms with Crippen LogP contribution in [0.5, 0.6) is 0 Å². The average Bonchev–Trinajstić information content (AvgIpc) is 2.49. The molecule has 0 saturated carbocycles. The number of amides is 1. The highest BCUT2D eigenvalue weighted by Gasteiger charge is 2.16. The molecule has 112 valence electrons. The van der Waals surface area contributed by atoms with Crippen molar-refractivity contribution in [2.75, 3.05) is 18.9 Å². The fourth-order valence-electron chi connectivity index (χ4n) is 1.68. The van der Waals surface area contributed by atoms with Crippen LogP contribution in [0.15, 0.2) is 18.2 Å². The van der Waals surface area contributed by atoms with Crippen LogP contribution in [0.1, 0.15) is 36.5 Å². The van der Waals surface area contributed by atoms with E-state index in [1.165, 1.54) is 12.1 Å². The molecule has 0 unspecified atom stereocenters. The number of hydrogen-bond donors (Lipinski definition) is 2. The highest BCUT2D eigenvalue weighted by Crippen LogP contribution is 2.24. The molecule has 0 aliphatic carbocycles. The number of anilines is 1. The van der Waals surface area contributed by atoms with Gasteiger partial charge in [0.15, 0.2) is 0 Å². The first kappa shape index (κ1) is 16.5. The summed E-state index contributed by atoms with van der Waals surface area (Å²) in [6.07, 6.45) is 2.94. The highest BCUT2D eigenvalue weighted by molar-refractivity contribution is 5.95. The Bertz CT molecular complexity index is 573. The van der Waals surface area contributed by atoms with Gasteiger partial charge in [-0.25, -0.2) is 0 Å². The minimum absolute atomic E-state index is 0.126. The van der Waals surface area contributed by atoms with Gasteiger partial charge < -0.3 is 10.6 Å². The predicted molar refractivity (Wildman–Crippen MR) is 82.3 cm³/mol. The summed E-state index contributed by atoms with van der Waals surface area (Å²) in [5.41, 5.74) is 0.492. The van der Waals surface area contributed by atoms with Gasteiger partial charge in [0.1, 0.15) is 5.69 Å². The number of unbranched alkanes of at least 4 members (excludes halogenated alkanes) is 2. The van der Waals surface area contributed by atoms with Crippen LogP contribution in [0.25, 0.3) is 0 Å². The van der Waals surface area contributed by atoms with Gasteiger partial charge in [-0.05, 0) is 18.6 Å². The molecule has 0 aromatic heterocycles. The van der Waals surface area contributed by atoms with Crippen LogP contribution in [-0.2, 0) is 0 Å². The van der Waals surface area contributed by atoms with Crippen LogP contribution in [0.4, 0.5) is 11.4 Å². The molecule has 1 amide bonds. The molecule has 0 spiro atoms. The molecule has 6 nitrogen and oxygen atoms in total. The molecule has 0 bridgehead atoms. The van der Waals surface area contributed by atoms with Crippen molar-refractivity contribution < 1.29 is 9.72 Å². The normalized spacial score (nSPS) is 9.43. The van der Waals surface area contributed by atoms with E-state index >= 15 is 0 Å². The van der Waals surface area contributed by atoms with E-state index in [2.05, 4.69) is 29.4 Å². The van der Waals surface area contributed by atoms with Gasteiger partial charge in [-0.15, -0.1) is 5.92 Å². The van der Waals surface area contributed by atoms with Crippen molar-refractivity contribution in [1.29, 1.82) is 0 Å². The molecule has 0 radical (unpaired) electrons. The molecule has 0 atom stereocenters. The van der Waals surface area contributed by atoms with E-state index in [1.54, 1.807) is 13.1 Å². The summed E-state index contributed by atoms with van der Waals surface area (Å²) in [6.45, 7) is 2.33. The molecular weight excluding hydrogens is 270 g/mol. The van der Waals surface area contributed by atoms with Crippen LogP contribution in [-0.4, -0.2) is 24.4 Å². The lowest BCUT2D eigenvalue weighted by Gasteiger charge is -2.05. The number of nitrogens with zero attached hydrogens (tertiary/aromatic N) is 1. The fraction of sp³-hybridized carbons (Fsp3) is 0.400. The maximum absolute atomic E-state index is 11.9. The Labute approximate surface area is 124 Å². The third kappa shape index (κ3) is 5.15. The van der Waals surface area contributed by atoms with Crippen molar-refractivity contribution in [1.82, 2.24) is 5.32 Å². The van der Waals surface area contributed by atoms with Gasteiger partial charge >= 0.3 is 0 Å². The number of nitro benzene ring substituents is 1. The minimum atomic E-state index is -0.521. The summed E-state index contributed by atoms with van der Waals surface area (Å²) in [5.74, 6) is 5.44. The van der Waals surface area contributed by atoms with E-state index in [-0.39, 0.29) is 23.7 Å². The maximum atomic E-state index is 11.9. The van der Waals surface area contributed by atoms with Crippen molar-refractivity contribution >= 4 is 17.3 Å². The van der Waals surface area contributed by atoms with Gasteiger partial charge in [-0.1, -0.05) is 19.3 Å². The predicted octanol–water partition coefficient (Wildman–Crippen LogP) is 2.56. The first-order chi connectivity index (χ1) is 10.1. The van der Waals surface area contributed by atoms with Crippen LogP contribution in [0, 0.1) is 22.0 Å². The van der Waals surface area contributed by atoms with Gasteiger partial charge in [0, 0.05) is 25.1 Å². The van der Waals surface area contributed by atoms with Crippen molar-refractivity contribution in [3.8, 4) is 11.8 Å². The number of nitrogens with one attached hydrogen (secondary N) is 2. The zero-order valence-corrected chi connectivity index (χ0v) is 12.2. The molecule has 1 aromatic carbocycles. The quantitative estimate of drug-likeness (QED) is 0.365. The molecule has 0 heterocycles. The summed E-state index contributed by atoms with van der Waals surface area (Å²) in [5, 5.41) is 16.3. The molecule has 21 heavy (non-hydrogen) atoms. The Kier molecular flexibility index (Phi) is 6.75. The summed E-state index contributed by atoms with van der Waals surface area (Å²) in [4.78, 5) is 22.3. The molecule has 0 aliphatic rings. The number of nitro groups is 1. The van der Waals surface area contributed by atoms with Crippen LogP contribution in [0.3, 0.4) is 0 Å². The van der Waals surface area contributed by atoms with Gasteiger partial charge in [-0.3, -0.25) is 14.9 Å². The molecule has 0 aliphatic heterocycles. The number of hydrogen-bond acceptors (Lipinski definition) is 4. The number of carbonyl (C=O) groups excluding carboxylic acids is 1. The Balaban J connectivity index is 2.68. The lowest BCUT2D eigenvalue weighted by molar-refractivity contribution is -0.384. The van der Waals surface area contributed by atoms with Gasteiger partial charge in [-0.2, -0.15) is 0 Å². The molecule has 1 aromatic rings. The Hall–Kier alpha value is -2.55. The highest BCUT2D eigenvalue weighted by atomic mass is 16.6. The summed E-state index contributed by atoms with van der Waals surface area (Å²) in [7, 11) is 1.59. The summed E-state index contributed by atoms with van der Waals surface area (Å²) < 4.78 is 0. The SMILES string of the molecule is CCCCC#CCNC(=O)c1ccc(NC)c([N+](=O)[O-])c1. The van der Waals surface area contributed by atoms with Gasteiger partial charge in [0.2, 0.25) is 0 Å². The molecule has 0 saturated heterocycles. The lowest BCUT2D eigenvalue weighted by Crippen LogP contribution is -2.23. The first-order valence-electron chi connectivity index (χ1n) is 6.80. The lowest BCUT2D eigenvalue weighted by atomic mass is 10.1. The monoisotopic (exact) mass is 289 g/mol. The van der Waals surface area contributed by atoms with E-state index in [0.29, 0.717) is 5.69 Å². The largest absolute Gasteiger partial charge is 0.383 e. The number of carbonyl (C=O) groups is 1. The van der Waals surface area contributed by atoms with E-state index < -0.39 is 4.92 Å². The van der Waals surface area contributed by atoms with Crippen molar-refractivity contribution in [3.05, 3.63) is 33.9 Å². The third-order valence-corrected chi connectivity index (χ3v) is 2.84. The van der Waals surface area contributed by atoms with Crippen molar-refractivity contribution in [2.45, 2.75) is 26.2 Å². The van der Waals surface area contributed by atoms with Crippen LogP contribution in [0.2, 0.25) is 0 Å². The van der Waals surface area contributed by atoms with E-state index in [9.17, 15) is 14.9 Å². The maximum Gasteiger partial charge on any atom is 0.293 e. The standard InChI is InChI=1S/C15H19N3O3/c1-3-4-5-6-7-10-17-15(19)12-8-9-13(16-2)14(11-12)18(20)21/h8-9,11,16H,3-5,10H2,1-2H3,(H,17,19). The third-order valence-electron chi connectivity index (χ3n) is 2.84. The number of benzene rings is 1. The molecule has 0 fully saturated rings. The average molecular weight is 289 g/mol. The molecule has 6 heteroatoms. The number of rotatable bonds is 6. The van der Waals surface area contributed by atoms with Crippen LogP contribution < -0.4 is 10.6 Å². The van der Waals surface area contributed by atoms with Gasteiger partial charge in [0.25, 0.3) is 11.6 Å². The smallest absolute Gasteiger partial charge is 0.293 e. The van der Waals surface area contributed by atoms with E-state index in [4.69, 9.17) is 0 Å². The van der Waals surface area contributed by atoms with Crippen molar-refractivity contribution in [2.24, 2.45) is 0 Å². The molecule has 1 rings (SSSR count). The summed E-state index contributed by atoms with van der Waals surface area (Å²) in [6, 6.07) is 4.31.